The van der Waals surface area contributed by atoms with E-state index in [2.05, 4.69) is 25.1 Å². The summed E-state index contributed by atoms with van der Waals surface area (Å²) in [6, 6.07) is 6.99. The first-order chi connectivity index (χ1) is 19.2. The third-order valence-electron chi connectivity index (χ3n) is 11.1. The van der Waals surface area contributed by atoms with E-state index in [0.29, 0.717) is 24.5 Å². The SMILES string of the molecule is C[C@]12CC[C@@H]3c4ccc(OC5CCCCO5)cc4C[C@@H](CCCCCCO)[C@H]3[C@@H]1CC[C@@H]2OC1CCCCO1. The summed E-state index contributed by atoms with van der Waals surface area (Å²) < 4.78 is 25.0. The van der Waals surface area contributed by atoms with Crippen molar-refractivity contribution in [2.24, 2.45) is 23.2 Å². The van der Waals surface area contributed by atoms with Gasteiger partial charge in [-0.1, -0.05) is 32.3 Å². The number of unbranched alkanes of at least 4 members (excludes halogenated alkanes) is 3. The normalized spacial score (nSPS) is 38.1. The maximum atomic E-state index is 9.25. The van der Waals surface area contributed by atoms with Gasteiger partial charge in [0.25, 0.3) is 0 Å². The molecule has 1 aromatic rings. The third kappa shape index (κ3) is 6.08. The molecule has 4 fully saturated rings. The van der Waals surface area contributed by atoms with Crippen LogP contribution >= 0.6 is 0 Å². The van der Waals surface area contributed by atoms with Crippen molar-refractivity contribution in [3.63, 3.8) is 0 Å². The smallest absolute Gasteiger partial charge is 0.199 e. The minimum absolute atomic E-state index is 0.0121. The van der Waals surface area contributed by atoms with Gasteiger partial charge in [0.05, 0.1) is 12.7 Å². The maximum Gasteiger partial charge on any atom is 0.199 e. The van der Waals surface area contributed by atoms with Crippen LogP contribution in [0, 0.1) is 23.2 Å². The number of ether oxygens (including phenoxy) is 4. The summed E-state index contributed by atoms with van der Waals surface area (Å²) in [6.07, 6.45) is 19.1. The molecule has 0 spiro atoms. The van der Waals surface area contributed by atoms with Crippen LogP contribution in [0.2, 0.25) is 0 Å². The summed E-state index contributed by atoms with van der Waals surface area (Å²) >= 11 is 0. The molecule has 5 heteroatoms. The van der Waals surface area contributed by atoms with E-state index >= 15 is 0 Å². The number of hydrogen-bond acceptors (Lipinski definition) is 5. The van der Waals surface area contributed by atoms with Crippen molar-refractivity contribution in [1.29, 1.82) is 0 Å². The minimum Gasteiger partial charge on any atom is -0.465 e. The number of benzene rings is 1. The molecule has 0 bridgehead atoms. The Bertz CT molecular complexity index is 922. The van der Waals surface area contributed by atoms with Gasteiger partial charge in [0.2, 0.25) is 0 Å². The molecule has 2 saturated carbocycles. The fraction of sp³-hybridized carbons (Fsp3) is 0.824. The van der Waals surface area contributed by atoms with E-state index in [1.807, 2.05) is 0 Å². The molecule has 8 atom stereocenters. The average molecular weight is 541 g/mol. The van der Waals surface area contributed by atoms with Crippen LogP contribution in [0.25, 0.3) is 0 Å². The summed E-state index contributed by atoms with van der Waals surface area (Å²) in [7, 11) is 0. The summed E-state index contributed by atoms with van der Waals surface area (Å²) in [4.78, 5) is 0. The molecule has 0 amide bonds. The molecule has 5 nitrogen and oxygen atoms in total. The molecule has 1 N–H and O–H groups in total. The van der Waals surface area contributed by atoms with Crippen molar-refractivity contribution in [2.45, 2.75) is 134 Å². The maximum absolute atomic E-state index is 9.25. The summed E-state index contributed by atoms with van der Waals surface area (Å²) in [6.45, 7) is 4.55. The third-order valence-corrected chi connectivity index (χ3v) is 11.1. The van der Waals surface area contributed by atoms with E-state index < -0.39 is 0 Å². The van der Waals surface area contributed by atoms with E-state index in [0.717, 1.165) is 62.9 Å². The van der Waals surface area contributed by atoms with Crippen LogP contribution < -0.4 is 4.74 Å². The summed E-state index contributed by atoms with van der Waals surface area (Å²) in [5.74, 6) is 3.82. The monoisotopic (exact) mass is 540 g/mol. The van der Waals surface area contributed by atoms with Gasteiger partial charge in [-0.25, -0.2) is 0 Å². The molecule has 6 rings (SSSR count). The lowest BCUT2D eigenvalue weighted by molar-refractivity contribution is -0.213. The van der Waals surface area contributed by atoms with Crippen LogP contribution in [0.3, 0.4) is 0 Å². The molecule has 1 aromatic carbocycles. The van der Waals surface area contributed by atoms with Gasteiger partial charge in [0.1, 0.15) is 5.75 Å². The molecule has 2 saturated heterocycles. The Hall–Kier alpha value is -1.14. The predicted molar refractivity (Wildman–Crippen MR) is 153 cm³/mol. The standard InChI is InChI=1S/C34H52O5/c1-34-18-17-28-27-14-13-26(38-31-11-5-8-20-36-31)23-25(27)22-24(10-4-2-3-7-19-35)33(28)29(34)15-16-30(34)39-32-12-6-9-21-37-32/h13-14,23-24,28-33,35H,2-12,15-22H2,1H3/t24-,28-,29+,30+,31?,32?,33-,34+/m1/s1. The first-order valence-corrected chi connectivity index (χ1v) is 16.4. The van der Waals surface area contributed by atoms with Crippen molar-refractivity contribution in [2.75, 3.05) is 19.8 Å². The van der Waals surface area contributed by atoms with E-state index in [1.165, 1.54) is 76.2 Å². The Morgan fingerprint density at radius 2 is 1.69 bits per heavy atom. The minimum atomic E-state index is -0.0885. The fourth-order valence-corrected chi connectivity index (χ4v) is 9.13. The molecule has 5 aliphatic rings. The lowest BCUT2D eigenvalue weighted by atomic mass is 9.52. The van der Waals surface area contributed by atoms with E-state index in [9.17, 15) is 5.11 Å². The van der Waals surface area contributed by atoms with Crippen LogP contribution in [0.1, 0.15) is 120 Å². The second-order valence-corrected chi connectivity index (χ2v) is 13.5. The number of hydrogen-bond donors (Lipinski definition) is 1. The van der Waals surface area contributed by atoms with Gasteiger partial charge in [-0.15, -0.1) is 0 Å². The number of aliphatic hydroxyl groups excluding tert-OH is 1. The number of aliphatic hydroxyl groups is 1. The van der Waals surface area contributed by atoms with Crippen molar-refractivity contribution in [3.8, 4) is 5.75 Å². The summed E-state index contributed by atoms with van der Waals surface area (Å²) in [5.41, 5.74) is 3.38. The Morgan fingerprint density at radius 1 is 0.897 bits per heavy atom. The van der Waals surface area contributed by atoms with Crippen LogP contribution in [-0.2, 0) is 20.6 Å². The fourth-order valence-electron chi connectivity index (χ4n) is 9.13. The molecule has 39 heavy (non-hydrogen) atoms. The van der Waals surface area contributed by atoms with Gasteiger partial charge in [-0.05, 0) is 129 Å². The van der Waals surface area contributed by atoms with Crippen LogP contribution in [0.4, 0.5) is 0 Å². The van der Waals surface area contributed by atoms with E-state index in [4.69, 9.17) is 18.9 Å². The second kappa shape index (κ2) is 12.8. The first-order valence-electron chi connectivity index (χ1n) is 16.4. The van der Waals surface area contributed by atoms with Crippen molar-refractivity contribution in [1.82, 2.24) is 0 Å². The quantitative estimate of drug-likeness (QED) is 0.311. The number of fused-ring (bicyclic) bond motifs is 5. The zero-order valence-corrected chi connectivity index (χ0v) is 24.3. The highest BCUT2D eigenvalue weighted by molar-refractivity contribution is 5.41. The van der Waals surface area contributed by atoms with Crippen LogP contribution in [0.5, 0.6) is 5.75 Å². The number of rotatable bonds is 10. The molecule has 0 aromatic heterocycles. The van der Waals surface area contributed by atoms with Gasteiger partial charge in [-0.2, -0.15) is 0 Å². The molecular weight excluding hydrogens is 488 g/mol. The summed E-state index contributed by atoms with van der Waals surface area (Å²) in [5, 5.41) is 9.25. The Balaban J connectivity index is 1.21. The average Bonchev–Trinajstić information content (AvgIpc) is 3.29. The zero-order chi connectivity index (χ0) is 26.7. The largest absolute Gasteiger partial charge is 0.465 e. The van der Waals surface area contributed by atoms with Crippen molar-refractivity contribution >= 4 is 0 Å². The highest BCUT2D eigenvalue weighted by Gasteiger charge is 2.57. The first kappa shape index (κ1) is 28.0. The lowest BCUT2D eigenvalue weighted by Crippen LogP contribution is -2.48. The molecular formula is C34H52O5. The molecule has 2 heterocycles. The van der Waals surface area contributed by atoms with Crippen LogP contribution in [0.15, 0.2) is 18.2 Å². The highest BCUT2D eigenvalue weighted by atomic mass is 16.7. The molecule has 0 radical (unpaired) electrons. The molecule has 3 aliphatic carbocycles. The predicted octanol–water partition coefficient (Wildman–Crippen LogP) is 7.53. The highest BCUT2D eigenvalue weighted by Crippen LogP contribution is 2.63. The molecule has 2 aliphatic heterocycles. The Kier molecular flexibility index (Phi) is 9.19. The van der Waals surface area contributed by atoms with Crippen LogP contribution in [-0.4, -0.2) is 43.6 Å². The molecule has 218 valence electrons. The van der Waals surface area contributed by atoms with Gasteiger partial charge in [-0.3, -0.25) is 0 Å². The van der Waals surface area contributed by atoms with Gasteiger partial charge < -0.3 is 24.1 Å². The lowest BCUT2D eigenvalue weighted by Gasteiger charge is -2.54. The second-order valence-electron chi connectivity index (χ2n) is 13.5. The van der Waals surface area contributed by atoms with Gasteiger partial charge >= 0.3 is 0 Å². The Morgan fingerprint density at radius 3 is 2.46 bits per heavy atom. The Labute approximate surface area is 236 Å². The topological polar surface area (TPSA) is 57.2 Å². The van der Waals surface area contributed by atoms with E-state index in [-0.39, 0.29) is 18.0 Å². The van der Waals surface area contributed by atoms with Crippen molar-refractivity contribution < 1.29 is 24.1 Å². The van der Waals surface area contributed by atoms with Gasteiger partial charge in [0.15, 0.2) is 12.6 Å². The zero-order valence-electron chi connectivity index (χ0n) is 24.3. The van der Waals surface area contributed by atoms with Gasteiger partial charge in [0, 0.05) is 19.6 Å². The van der Waals surface area contributed by atoms with Crippen molar-refractivity contribution in [3.05, 3.63) is 29.3 Å². The van der Waals surface area contributed by atoms with E-state index in [1.54, 1.807) is 5.56 Å². The molecule has 2 unspecified atom stereocenters.